The Balaban J connectivity index is 1.45. The van der Waals surface area contributed by atoms with Gasteiger partial charge in [-0.3, -0.25) is 0 Å². The van der Waals surface area contributed by atoms with E-state index in [0.29, 0.717) is 17.4 Å². The van der Waals surface area contributed by atoms with E-state index < -0.39 is 0 Å². The van der Waals surface area contributed by atoms with Crippen molar-refractivity contribution >= 4 is 6.03 Å². The van der Waals surface area contributed by atoms with Crippen molar-refractivity contribution in [3.05, 3.63) is 0 Å². The van der Waals surface area contributed by atoms with Crippen LogP contribution in [-0.2, 0) is 9.47 Å². The third kappa shape index (κ3) is 2.78. The van der Waals surface area contributed by atoms with Crippen LogP contribution in [0.4, 0.5) is 4.79 Å². The van der Waals surface area contributed by atoms with Crippen molar-refractivity contribution in [3.63, 3.8) is 0 Å². The normalized spacial score (nSPS) is 34.7. The van der Waals surface area contributed by atoms with Gasteiger partial charge in [0.15, 0.2) is 0 Å². The molecule has 2 saturated carbocycles. The fourth-order valence-electron chi connectivity index (χ4n) is 4.09. The molecular formula is C16H28N2O3. The molecule has 2 N–H and O–H groups in total. The Hall–Kier alpha value is -0.810. The van der Waals surface area contributed by atoms with Crippen LogP contribution >= 0.6 is 0 Å². The number of ether oxygens (including phenoxy) is 2. The lowest BCUT2D eigenvalue weighted by molar-refractivity contribution is -0.108. The molecule has 2 amide bonds. The molecule has 1 saturated heterocycles. The third-order valence-electron chi connectivity index (χ3n) is 5.80. The number of amides is 2. The van der Waals surface area contributed by atoms with E-state index in [1.54, 1.807) is 7.11 Å². The molecule has 0 aromatic rings. The topological polar surface area (TPSA) is 59.6 Å². The molecule has 0 unspecified atom stereocenters. The summed E-state index contributed by atoms with van der Waals surface area (Å²) in [5.41, 5.74) is 0.341. The van der Waals surface area contributed by atoms with Crippen LogP contribution in [0.25, 0.3) is 0 Å². The van der Waals surface area contributed by atoms with Crippen LogP contribution < -0.4 is 10.6 Å². The summed E-state index contributed by atoms with van der Waals surface area (Å²) >= 11 is 0. The average Bonchev–Trinajstić information content (AvgIpc) is 3.08. The third-order valence-corrected chi connectivity index (χ3v) is 5.80. The van der Waals surface area contributed by atoms with Crippen LogP contribution in [0.1, 0.15) is 39.5 Å². The highest BCUT2D eigenvalue weighted by Crippen LogP contribution is 2.52. The van der Waals surface area contributed by atoms with E-state index in [2.05, 4.69) is 24.5 Å². The molecule has 1 aliphatic heterocycles. The van der Waals surface area contributed by atoms with Crippen molar-refractivity contribution in [2.75, 3.05) is 26.9 Å². The standard InChI is InChI=1S/C16H28N2O3/c1-15(2)12(11-4-8-21-13(11)15)18-14(19)17-10-16(5-6-16)7-9-20-3/h11-13H,4-10H2,1-3H3,(H2,17,18,19)/t11-,12+,13-/m0/s1. The van der Waals surface area contributed by atoms with Crippen LogP contribution in [0.3, 0.4) is 0 Å². The minimum absolute atomic E-state index is 0.0258. The fourth-order valence-corrected chi connectivity index (χ4v) is 4.09. The van der Waals surface area contributed by atoms with E-state index in [-0.39, 0.29) is 17.5 Å². The van der Waals surface area contributed by atoms with Crippen molar-refractivity contribution < 1.29 is 14.3 Å². The minimum atomic E-state index is -0.0258. The number of hydrogen-bond donors (Lipinski definition) is 2. The van der Waals surface area contributed by atoms with Gasteiger partial charge in [-0.15, -0.1) is 0 Å². The molecule has 0 bridgehead atoms. The van der Waals surface area contributed by atoms with Crippen molar-refractivity contribution in [1.82, 2.24) is 10.6 Å². The van der Waals surface area contributed by atoms with E-state index in [1.807, 2.05) is 0 Å². The van der Waals surface area contributed by atoms with E-state index >= 15 is 0 Å². The molecule has 5 nitrogen and oxygen atoms in total. The molecule has 5 heteroatoms. The number of nitrogens with one attached hydrogen (secondary N) is 2. The molecule has 21 heavy (non-hydrogen) atoms. The van der Waals surface area contributed by atoms with Crippen molar-refractivity contribution in [3.8, 4) is 0 Å². The smallest absolute Gasteiger partial charge is 0.315 e. The van der Waals surface area contributed by atoms with Gasteiger partial charge in [0.2, 0.25) is 0 Å². The number of rotatable bonds is 6. The SMILES string of the molecule is COCCC1(CNC(=O)N[C@@H]2[C@@H]3CCO[C@@H]3C2(C)C)CC1. The maximum Gasteiger partial charge on any atom is 0.315 e. The first-order valence-electron chi connectivity index (χ1n) is 8.13. The Kier molecular flexibility index (Phi) is 3.91. The van der Waals surface area contributed by atoms with E-state index in [4.69, 9.17) is 9.47 Å². The Morgan fingerprint density at radius 1 is 1.38 bits per heavy atom. The van der Waals surface area contributed by atoms with Gasteiger partial charge in [0, 0.05) is 44.2 Å². The molecule has 120 valence electrons. The molecule has 2 aliphatic carbocycles. The first kappa shape index (κ1) is 15.1. The van der Waals surface area contributed by atoms with Gasteiger partial charge in [0.25, 0.3) is 0 Å². The Morgan fingerprint density at radius 3 is 2.81 bits per heavy atom. The van der Waals surface area contributed by atoms with E-state index in [1.165, 1.54) is 12.8 Å². The van der Waals surface area contributed by atoms with Gasteiger partial charge in [-0.2, -0.15) is 0 Å². The predicted molar refractivity (Wildman–Crippen MR) is 80.1 cm³/mol. The maximum absolute atomic E-state index is 12.2. The van der Waals surface area contributed by atoms with Gasteiger partial charge in [0.05, 0.1) is 6.10 Å². The molecule has 1 heterocycles. The second kappa shape index (κ2) is 5.43. The zero-order valence-corrected chi connectivity index (χ0v) is 13.4. The summed E-state index contributed by atoms with van der Waals surface area (Å²) in [6.07, 6.45) is 4.82. The molecule has 0 radical (unpaired) electrons. The number of carbonyl (C=O) groups is 1. The van der Waals surface area contributed by atoms with Crippen LogP contribution in [0.5, 0.6) is 0 Å². The number of fused-ring (bicyclic) bond motifs is 1. The molecule has 0 aromatic carbocycles. The first-order valence-corrected chi connectivity index (χ1v) is 8.13. The van der Waals surface area contributed by atoms with Crippen LogP contribution in [0.2, 0.25) is 0 Å². The molecule has 3 fully saturated rings. The summed E-state index contributed by atoms with van der Waals surface area (Å²) < 4.78 is 10.9. The summed E-state index contributed by atoms with van der Waals surface area (Å²) in [5.74, 6) is 0.495. The molecular weight excluding hydrogens is 268 g/mol. The summed E-state index contributed by atoms with van der Waals surface area (Å²) in [4.78, 5) is 12.2. The largest absolute Gasteiger partial charge is 0.385 e. The number of hydrogen-bond acceptors (Lipinski definition) is 3. The van der Waals surface area contributed by atoms with Crippen molar-refractivity contribution in [2.45, 2.75) is 51.7 Å². The van der Waals surface area contributed by atoms with E-state index in [0.717, 1.165) is 32.6 Å². The molecule has 0 aromatic heterocycles. The minimum Gasteiger partial charge on any atom is -0.385 e. The number of urea groups is 1. The van der Waals surface area contributed by atoms with Gasteiger partial charge in [-0.1, -0.05) is 13.8 Å². The maximum atomic E-state index is 12.2. The zero-order valence-electron chi connectivity index (χ0n) is 13.4. The van der Waals surface area contributed by atoms with Crippen LogP contribution in [0.15, 0.2) is 0 Å². The van der Waals surface area contributed by atoms with Crippen molar-refractivity contribution in [2.24, 2.45) is 16.7 Å². The summed E-state index contributed by atoms with van der Waals surface area (Å²) in [7, 11) is 1.73. The highest BCUT2D eigenvalue weighted by molar-refractivity contribution is 5.74. The average molecular weight is 296 g/mol. The Bertz CT molecular complexity index is 406. The highest BCUT2D eigenvalue weighted by Gasteiger charge is 2.59. The highest BCUT2D eigenvalue weighted by atomic mass is 16.5. The van der Waals surface area contributed by atoms with Gasteiger partial charge < -0.3 is 20.1 Å². The summed E-state index contributed by atoms with van der Waals surface area (Å²) in [6.45, 7) is 6.75. The second-order valence-corrected chi connectivity index (χ2v) is 7.61. The lowest BCUT2D eigenvalue weighted by Crippen LogP contribution is -2.67. The van der Waals surface area contributed by atoms with Gasteiger partial charge in [-0.25, -0.2) is 4.79 Å². The Labute approximate surface area is 127 Å². The summed E-state index contributed by atoms with van der Waals surface area (Å²) in [6, 6.07) is 0.209. The first-order chi connectivity index (χ1) is 9.98. The van der Waals surface area contributed by atoms with Crippen molar-refractivity contribution in [1.29, 1.82) is 0 Å². The monoisotopic (exact) mass is 296 g/mol. The number of methoxy groups -OCH3 is 1. The molecule has 3 atom stereocenters. The van der Waals surface area contributed by atoms with E-state index in [9.17, 15) is 4.79 Å². The predicted octanol–water partition coefficient (Wildman–Crippen LogP) is 1.92. The zero-order chi connectivity index (χ0) is 15.1. The lowest BCUT2D eigenvalue weighted by Gasteiger charge is -2.54. The van der Waals surface area contributed by atoms with Gasteiger partial charge in [0.1, 0.15) is 0 Å². The quantitative estimate of drug-likeness (QED) is 0.787. The van der Waals surface area contributed by atoms with Crippen LogP contribution in [0, 0.1) is 16.7 Å². The molecule has 0 spiro atoms. The molecule has 3 rings (SSSR count). The van der Waals surface area contributed by atoms with Gasteiger partial charge >= 0.3 is 6.03 Å². The number of carbonyl (C=O) groups excluding carboxylic acids is 1. The molecule has 3 aliphatic rings. The fraction of sp³-hybridized carbons (Fsp3) is 0.938. The lowest BCUT2D eigenvalue weighted by atomic mass is 9.57. The second-order valence-electron chi connectivity index (χ2n) is 7.61. The Morgan fingerprint density at radius 2 is 2.14 bits per heavy atom. The van der Waals surface area contributed by atoms with Gasteiger partial charge in [-0.05, 0) is 31.1 Å². The van der Waals surface area contributed by atoms with Crippen LogP contribution in [-0.4, -0.2) is 45.0 Å². The summed E-state index contributed by atoms with van der Waals surface area (Å²) in [5, 5.41) is 6.24.